The van der Waals surface area contributed by atoms with Gasteiger partial charge in [0.15, 0.2) is 0 Å². The van der Waals surface area contributed by atoms with Gasteiger partial charge in [-0.15, -0.1) is 0 Å². The van der Waals surface area contributed by atoms with Crippen molar-refractivity contribution in [2.75, 3.05) is 24.3 Å². The first kappa shape index (κ1) is 12.4. The Bertz CT molecular complexity index is 494. The highest BCUT2D eigenvalue weighted by atomic mass is 15.1. The van der Waals surface area contributed by atoms with Crippen molar-refractivity contribution >= 4 is 11.4 Å². The second-order valence-electron chi connectivity index (χ2n) is 4.56. The van der Waals surface area contributed by atoms with E-state index in [9.17, 15) is 0 Å². The van der Waals surface area contributed by atoms with Crippen molar-refractivity contribution in [3.8, 4) is 0 Å². The quantitative estimate of drug-likeness (QED) is 0.890. The van der Waals surface area contributed by atoms with E-state index >= 15 is 0 Å². The van der Waals surface area contributed by atoms with Crippen molar-refractivity contribution in [3.63, 3.8) is 0 Å². The highest BCUT2D eigenvalue weighted by molar-refractivity contribution is 5.69. The minimum Gasteiger partial charge on any atom is -0.377 e. The van der Waals surface area contributed by atoms with E-state index in [4.69, 9.17) is 0 Å². The second kappa shape index (κ2) is 5.54. The van der Waals surface area contributed by atoms with E-state index in [-0.39, 0.29) is 6.04 Å². The van der Waals surface area contributed by atoms with Gasteiger partial charge in [-0.2, -0.15) is 0 Å². The third-order valence-electron chi connectivity index (χ3n) is 2.94. The fourth-order valence-electron chi connectivity index (χ4n) is 1.93. The van der Waals surface area contributed by atoms with Crippen LogP contribution in [0.5, 0.6) is 0 Å². The maximum absolute atomic E-state index is 4.15. The summed E-state index contributed by atoms with van der Waals surface area (Å²) < 4.78 is 0. The van der Waals surface area contributed by atoms with E-state index in [2.05, 4.69) is 60.5 Å². The molecule has 1 aromatic heterocycles. The van der Waals surface area contributed by atoms with Gasteiger partial charge in [0.2, 0.25) is 0 Å². The van der Waals surface area contributed by atoms with Gasteiger partial charge in [0.25, 0.3) is 0 Å². The Balaban J connectivity index is 2.19. The smallest absolute Gasteiger partial charge is 0.0596 e. The van der Waals surface area contributed by atoms with Crippen LogP contribution in [-0.4, -0.2) is 19.1 Å². The normalized spacial score (nSPS) is 11.9. The number of para-hydroxylation sites is 2. The topological polar surface area (TPSA) is 28.2 Å². The molecule has 94 valence electrons. The van der Waals surface area contributed by atoms with Gasteiger partial charge in [0.1, 0.15) is 0 Å². The Morgan fingerprint density at radius 3 is 2.56 bits per heavy atom. The summed E-state index contributed by atoms with van der Waals surface area (Å²) >= 11 is 0. The summed E-state index contributed by atoms with van der Waals surface area (Å²) in [7, 11) is 4.10. The number of hydrogen-bond donors (Lipinski definition) is 1. The van der Waals surface area contributed by atoms with Crippen LogP contribution in [0.3, 0.4) is 0 Å². The molecule has 3 nitrogen and oxygen atoms in total. The van der Waals surface area contributed by atoms with Gasteiger partial charge >= 0.3 is 0 Å². The summed E-state index contributed by atoms with van der Waals surface area (Å²) in [6.45, 7) is 2.14. The van der Waals surface area contributed by atoms with Crippen molar-refractivity contribution in [1.82, 2.24) is 4.98 Å². The first-order valence-electron chi connectivity index (χ1n) is 6.11. The molecule has 0 aliphatic carbocycles. The summed E-state index contributed by atoms with van der Waals surface area (Å²) in [6, 6.07) is 12.6. The van der Waals surface area contributed by atoms with Gasteiger partial charge in [-0.3, -0.25) is 4.98 Å². The molecule has 2 aromatic rings. The largest absolute Gasteiger partial charge is 0.377 e. The minimum absolute atomic E-state index is 0.236. The second-order valence-corrected chi connectivity index (χ2v) is 4.56. The molecular formula is C15H19N3. The lowest BCUT2D eigenvalue weighted by Gasteiger charge is -2.21. The number of aromatic nitrogens is 1. The molecule has 2 rings (SSSR count). The van der Waals surface area contributed by atoms with Crippen LogP contribution in [0.15, 0.2) is 48.8 Å². The molecule has 0 aliphatic rings. The van der Waals surface area contributed by atoms with Gasteiger partial charge in [0, 0.05) is 26.5 Å². The van der Waals surface area contributed by atoms with Crippen LogP contribution in [0.2, 0.25) is 0 Å². The zero-order chi connectivity index (χ0) is 13.0. The van der Waals surface area contributed by atoms with Gasteiger partial charge in [-0.05, 0) is 30.7 Å². The maximum atomic E-state index is 4.15. The highest BCUT2D eigenvalue weighted by Crippen LogP contribution is 2.27. The Morgan fingerprint density at radius 1 is 1.11 bits per heavy atom. The third kappa shape index (κ3) is 2.80. The van der Waals surface area contributed by atoms with E-state index < -0.39 is 0 Å². The fraction of sp³-hybridized carbons (Fsp3) is 0.267. The van der Waals surface area contributed by atoms with Crippen LogP contribution in [0, 0.1) is 0 Å². The molecule has 0 fully saturated rings. The molecule has 0 spiro atoms. The summed E-state index contributed by atoms with van der Waals surface area (Å²) in [5, 5.41) is 3.53. The number of benzene rings is 1. The minimum atomic E-state index is 0.236. The zero-order valence-corrected chi connectivity index (χ0v) is 11.1. The number of nitrogens with one attached hydrogen (secondary N) is 1. The third-order valence-corrected chi connectivity index (χ3v) is 2.94. The molecule has 1 aromatic carbocycles. The van der Waals surface area contributed by atoms with Crippen molar-refractivity contribution in [3.05, 3.63) is 54.4 Å². The molecule has 0 radical (unpaired) electrons. The van der Waals surface area contributed by atoms with Gasteiger partial charge in [0.05, 0.1) is 17.4 Å². The average Bonchev–Trinajstić information content (AvgIpc) is 2.40. The summed E-state index contributed by atoms with van der Waals surface area (Å²) in [5.41, 5.74) is 3.51. The van der Waals surface area contributed by atoms with E-state index in [1.54, 1.807) is 6.20 Å². The first-order chi connectivity index (χ1) is 8.68. The van der Waals surface area contributed by atoms with Crippen molar-refractivity contribution in [2.45, 2.75) is 13.0 Å². The maximum Gasteiger partial charge on any atom is 0.0596 e. The molecule has 0 bridgehead atoms. The van der Waals surface area contributed by atoms with E-state index in [1.807, 2.05) is 18.3 Å². The lowest BCUT2D eigenvalue weighted by molar-refractivity contribution is 0.874. The van der Waals surface area contributed by atoms with Crippen molar-refractivity contribution < 1.29 is 0 Å². The molecule has 1 atom stereocenters. The summed E-state index contributed by atoms with van der Waals surface area (Å²) in [5.74, 6) is 0. The van der Waals surface area contributed by atoms with E-state index in [0.717, 1.165) is 5.69 Å². The molecule has 3 heteroatoms. The van der Waals surface area contributed by atoms with E-state index in [0.29, 0.717) is 0 Å². The predicted octanol–water partition coefficient (Wildman–Crippen LogP) is 3.32. The SMILES string of the molecule is CC(Nc1ccccc1N(C)C)c1cccnc1. The van der Waals surface area contributed by atoms with E-state index in [1.165, 1.54) is 11.3 Å². The highest BCUT2D eigenvalue weighted by Gasteiger charge is 2.08. The fourth-order valence-corrected chi connectivity index (χ4v) is 1.93. The number of hydrogen-bond acceptors (Lipinski definition) is 3. The molecule has 1 heterocycles. The number of nitrogens with zero attached hydrogens (tertiary/aromatic N) is 2. The summed E-state index contributed by atoms with van der Waals surface area (Å²) in [6.07, 6.45) is 3.69. The first-order valence-corrected chi connectivity index (χ1v) is 6.11. The monoisotopic (exact) mass is 241 g/mol. The van der Waals surface area contributed by atoms with Crippen molar-refractivity contribution in [1.29, 1.82) is 0 Å². The molecule has 0 aliphatic heterocycles. The molecule has 1 N–H and O–H groups in total. The zero-order valence-electron chi connectivity index (χ0n) is 11.1. The van der Waals surface area contributed by atoms with Crippen LogP contribution in [0.4, 0.5) is 11.4 Å². The van der Waals surface area contributed by atoms with Crippen LogP contribution < -0.4 is 10.2 Å². The van der Waals surface area contributed by atoms with Crippen LogP contribution >= 0.6 is 0 Å². The molecular weight excluding hydrogens is 222 g/mol. The molecule has 18 heavy (non-hydrogen) atoms. The lowest BCUT2D eigenvalue weighted by atomic mass is 10.1. The number of pyridine rings is 1. The Labute approximate surface area is 108 Å². The van der Waals surface area contributed by atoms with Gasteiger partial charge in [-0.1, -0.05) is 18.2 Å². The molecule has 0 amide bonds. The Kier molecular flexibility index (Phi) is 3.82. The van der Waals surface area contributed by atoms with Crippen molar-refractivity contribution in [2.24, 2.45) is 0 Å². The lowest BCUT2D eigenvalue weighted by Crippen LogP contribution is -2.14. The van der Waals surface area contributed by atoms with Gasteiger partial charge in [-0.25, -0.2) is 0 Å². The van der Waals surface area contributed by atoms with Gasteiger partial charge < -0.3 is 10.2 Å². The van der Waals surface area contributed by atoms with Crippen LogP contribution in [0.25, 0.3) is 0 Å². The number of rotatable bonds is 4. The Hall–Kier alpha value is -2.03. The van der Waals surface area contributed by atoms with Crippen LogP contribution in [0.1, 0.15) is 18.5 Å². The summed E-state index contributed by atoms with van der Waals surface area (Å²) in [4.78, 5) is 6.26. The molecule has 0 saturated carbocycles. The molecule has 1 unspecified atom stereocenters. The predicted molar refractivity (Wildman–Crippen MR) is 77.0 cm³/mol. The van der Waals surface area contributed by atoms with Crippen LogP contribution in [-0.2, 0) is 0 Å². The molecule has 0 saturated heterocycles. The number of anilines is 2. The standard InChI is InChI=1S/C15H19N3/c1-12(13-7-6-10-16-11-13)17-14-8-4-5-9-15(14)18(2)3/h4-12,17H,1-3H3. The average molecular weight is 241 g/mol. The Morgan fingerprint density at radius 2 is 1.89 bits per heavy atom.